The second kappa shape index (κ2) is 7.73. The van der Waals surface area contributed by atoms with Crippen LogP contribution in [0.1, 0.15) is 30.1 Å². The van der Waals surface area contributed by atoms with Crippen molar-refractivity contribution in [2.45, 2.75) is 25.8 Å². The van der Waals surface area contributed by atoms with E-state index in [0.29, 0.717) is 12.2 Å². The molecular weight excluding hydrogens is 298 g/mol. The maximum Gasteiger partial charge on any atom is 0.335 e. The molecule has 0 radical (unpaired) electrons. The standard InChI is InChI=1S/C16H21N3O4/c1-11(20)17-14-6-3-7-19(9-14)10-15(21)18-13-5-2-4-12(8-13)16(22)23/h2,4-5,8,14H,3,6-7,9-10H2,1H3,(H,17,20)(H,18,21)(H,22,23)/t14-/m0/s1. The molecule has 124 valence electrons. The molecule has 2 rings (SSSR count). The number of anilines is 1. The lowest BCUT2D eigenvalue weighted by atomic mass is 10.1. The number of carboxylic acids is 1. The number of likely N-dealkylation sites (tertiary alicyclic amines) is 1. The minimum Gasteiger partial charge on any atom is -0.478 e. The molecule has 2 amide bonds. The summed E-state index contributed by atoms with van der Waals surface area (Å²) in [5.41, 5.74) is 0.594. The van der Waals surface area contributed by atoms with E-state index in [1.165, 1.54) is 19.1 Å². The maximum atomic E-state index is 12.1. The number of carbonyl (C=O) groups excluding carboxylic acids is 2. The van der Waals surface area contributed by atoms with Gasteiger partial charge in [0.05, 0.1) is 12.1 Å². The zero-order valence-electron chi connectivity index (χ0n) is 13.0. The van der Waals surface area contributed by atoms with Crippen LogP contribution in [0.2, 0.25) is 0 Å². The van der Waals surface area contributed by atoms with Crippen molar-refractivity contribution in [1.29, 1.82) is 0 Å². The number of nitrogens with one attached hydrogen (secondary N) is 2. The Morgan fingerprint density at radius 1 is 1.35 bits per heavy atom. The molecule has 1 fully saturated rings. The van der Waals surface area contributed by atoms with Crippen molar-refractivity contribution in [3.63, 3.8) is 0 Å². The third-order valence-corrected chi connectivity index (χ3v) is 3.67. The molecule has 1 heterocycles. The summed E-state index contributed by atoms with van der Waals surface area (Å²) < 4.78 is 0. The molecule has 23 heavy (non-hydrogen) atoms. The number of hydrogen-bond donors (Lipinski definition) is 3. The molecule has 1 aromatic carbocycles. The first-order valence-electron chi connectivity index (χ1n) is 7.56. The highest BCUT2D eigenvalue weighted by Gasteiger charge is 2.22. The van der Waals surface area contributed by atoms with Gasteiger partial charge in [0.2, 0.25) is 11.8 Å². The largest absolute Gasteiger partial charge is 0.478 e. The molecule has 3 N–H and O–H groups in total. The summed E-state index contributed by atoms with van der Waals surface area (Å²) in [5.74, 6) is -1.29. The number of aromatic carboxylic acids is 1. The van der Waals surface area contributed by atoms with Crippen molar-refractivity contribution in [2.75, 3.05) is 25.0 Å². The molecule has 0 spiro atoms. The summed E-state index contributed by atoms with van der Waals surface area (Å²) in [6.45, 7) is 3.15. The molecule has 0 unspecified atom stereocenters. The molecule has 1 saturated heterocycles. The number of amides is 2. The molecule has 1 aliphatic rings. The molecular formula is C16H21N3O4. The summed E-state index contributed by atoms with van der Waals surface area (Å²) in [4.78, 5) is 36.1. The zero-order valence-corrected chi connectivity index (χ0v) is 13.0. The van der Waals surface area contributed by atoms with E-state index in [9.17, 15) is 14.4 Å². The van der Waals surface area contributed by atoms with Crippen LogP contribution in [0.5, 0.6) is 0 Å². The number of benzene rings is 1. The topological polar surface area (TPSA) is 98.7 Å². The number of piperidine rings is 1. The first-order chi connectivity index (χ1) is 10.9. The highest BCUT2D eigenvalue weighted by Crippen LogP contribution is 2.12. The minimum atomic E-state index is -1.03. The Morgan fingerprint density at radius 2 is 2.13 bits per heavy atom. The van der Waals surface area contributed by atoms with Crippen molar-refractivity contribution >= 4 is 23.5 Å². The second-order valence-electron chi connectivity index (χ2n) is 5.71. The molecule has 7 heteroatoms. The third-order valence-electron chi connectivity index (χ3n) is 3.67. The van der Waals surface area contributed by atoms with Crippen LogP contribution >= 0.6 is 0 Å². The van der Waals surface area contributed by atoms with Crippen LogP contribution in [0.3, 0.4) is 0 Å². The molecule has 1 aromatic rings. The highest BCUT2D eigenvalue weighted by atomic mass is 16.4. The summed E-state index contributed by atoms with van der Waals surface area (Å²) >= 11 is 0. The van der Waals surface area contributed by atoms with Gasteiger partial charge >= 0.3 is 5.97 Å². The Labute approximate surface area is 134 Å². The molecule has 0 bridgehead atoms. The minimum absolute atomic E-state index is 0.0632. The first-order valence-corrected chi connectivity index (χ1v) is 7.56. The molecule has 7 nitrogen and oxygen atoms in total. The van der Waals surface area contributed by atoms with E-state index in [1.54, 1.807) is 12.1 Å². The van der Waals surface area contributed by atoms with Crippen molar-refractivity contribution in [1.82, 2.24) is 10.2 Å². The van der Waals surface area contributed by atoms with Gasteiger partial charge in [-0.05, 0) is 37.6 Å². The fourth-order valence-corrected chi connectivity index (χ4v) is 2.74. The Hall–Kier alpha value is -2.41. The Bertz CT molecular complexity index is 603. The summed E-state index contributed by atoms with van der Waals surface area (Å²) in [7, 11) is 0. The first kappa shape index (κ1) is 17.0. The van der Waals surface area contributed by atoms with E-state index in [4.69, 9.17) is 5.11 Å². The number of hydrogen-bond acceptors (Lipinski definition) is 4. The van der Waals surface area contributed by atoms with E-state index in [1.807, 2.05) is 4.90 Å². The van der Waals surface area contributed by atoms with Gasteiger partial charge in [-0.2, -0.15) is 0 Å². The molecule has 1 atom stereocenters. The van der Waals surface area contributed by atoms with E-state index >= 15 is 0 Å². The van der Waals surface area contributed by atoms with Gasteiger partial charge in [-0.25, -0.2) is 4.79 Å². The number of carbonyl (C=O) groups is 3. The van der Waals surface area contributed by atoms with Crippen LogP contribution in [-0.4, -0.2) is 53.5 Å². The van der Waals surface area contributed by atoms with Crippen LogP contribution in [0.15, 0.2) is 24.3 Å². The van der Waals surface area contributed by atoms with E-state index in [2.05, 4.69) is 10.6 Å². The summed E-state index contributed by atoms with van der Waals surface area (Å²) in [5, 5.41) is 14.5. The highest BCUT2D eigenvalue weighted by molar-refractivity contribution is 5.94. The van der Waals surface area contributed by atoms with Crippen molar-refractivity contribution in [3.8, 4) is 0 Å². The lowest BCUT2D eigenvalue weighted by Crippen LogP contribution is -2.49. The van der Waals surface area contributed by atoms with Crippen molar-refractivity contribution in [2.24, 2.45) is 0 Å². The molecule has 0 aliphatic carbocycles. The molecule has 0 saturated carbocycles. The Balaban J connectivity index is 1.88. The third kappa shape index (κ3) is 5.37. The van der Waals surface area contributed by atoms with E-state index in [-0.39, 0.29) is 30.0 Å². The van der Waals surface area contributed by atoms with Gasteiger partial charge < -0.3 is 15.7 Å². The van der Waals surface area contributed by atoms with Gasteiger partial charge in [0.25, 0.3) is 0 Å². The summed E-state index contributed by atoms with van der Waals surface area (Å²) in [6, 6.07) is 6.22. The SMILES string of the molecule is CC(=O)N[C@H]1CCCN(CC(=O)Nc2cccc(C(=O)O)c2)C1. The summed E-state index contributed by atoms with van der Waals surface area (Å²) in [6.07, 6.45) is 1.84. The average molecular weight is 319 g/mol. The van der Waals surface area contributed by atoms with Gasteiger partial charge in [0.15, 0.2) is 0 Å². The van der Waals surface area contributed by atoms with Crippen molar-refractivity contribution in [3.05, 3.63) is 29.8 Å². The van der Waals surface area contributed by atoms with Crippen LogP contribution in [0.4, 0.5) is 5.69 Å². The van der Waals surface area contributed by atoms with Crippen LogP contribution in [0.25, 0.3) is 0 Å². The van der Waals surface area contributed by atoms with Crippen LogP contribution < -0.4 is 10.6 Å². The smallest absolute Gasteiger partial charge is 0.335 e. The number of carboxylic acid groups (broad SMARTS) is 1. The fourth-order valence-electron chi connectivity index (χ4n) is 2.74. The monoisotopic (exact) mass is 319 g/mol. The molecule has 1 aliphatic heterocycles. The Kier molecular flexibility index (Phi) is 5.70. The van der Waals surface area contributed by atoms with Crippen LogP contribution in [0, 0.1) is 0 Å². The number of rotatable bonds is 5. The maximum absolute atomic E-state index is 12.1. The van der Waals surface area contributed by atoms with Crippen molar-refractivity contribution < 1.29 is 19.5 Å². The van der Waals surface area contributed by atoms with Gasteiger partial charge in [-0.15, -0.1) is 0 Å². The van der Waals surface area contributed by atoms with Gasteiger partial charge in [-0.3, -0.25) is 14.5 Å². The predicted octanol–water partition coefficient (Wildman–Crippen LogP) is 0.924. The quantitative estimate of drug-likeness (QED) is 0.750. The van der Waals surface area contributed by atoms with E-state index < -0.39 is 5.97 Å². The van der Waals surface area contributed by atoms with Gasteiger partial charge in [0, 0.05) is 25.2 Å². The lowest BCUT2D eigenvalue weighted by Gasteiger charge is -2.32. The zero-order chi connectivity index (χ0) is 16.8. The van der Waals surface area contributed by atoms with Gasteiger partial charge in [0.1, 0.15) is 0 Å². The molecule has 0 aromatic heterocycles. The Morgan fingerprint density at radius 3 is 2.83 bits per heavy atom. The normalized spacial score (nSPS) is 18.2. The lowest BCUT2D eigenvalue weighted by molar-refractivity contribution is -0.120. The van der Waals surface area contributed by atoms with Gasteiger partial charge in [-0.1, -0.05) is 6.07 Å². The average Bonchev–Trinajstić information content (AvgIpc) is 2.47. The predicted molar refractivity (Wildman–Crippen MR) is 85.3 cm³/mol. The fraction of sp³-hybridized carbons (Fsp3) is 0.438. The second-order valence-corrected chi connectivity index (χ2v) is 5.71. The number of nitrogens with zero attached hydrogens (tertiary/aromatic N) is 1. The van der Waals surface area contributed by atoms with Crippen LogP contribution in [-0.2, 0) is 9.59 Å². The van der Waals surface area contributed by atoms with E-state index in [0.717, 1.165) is 19.4 Å².